The number of Topliss-reactive ketones (excluding diaryl/α,β-unsaturated/α-hetero) is 1. The number of hydrogen-bond donors (Lipinski definition) is 1. The van der Waals surface area contributed by atoms with Crippen molar-refractivity contribution in [3.63, 3.8) is 0 Å². The molecule has 0 saturated heterocycles. The first kappa shape index (κ1) is 16.7. The van der Waals surface area contributed by atoms with Crippen molar-refractivity contribution in [2.45, 2.75) is 40.0 Å². The largest absolute Gasteiger partial charge is 0.465 e. The molecule has 128 valence electrons. The molecule has 0 aliphatic heterocycles. The summed E-state index contributed by atoms with van der Waals surface area (Å²) in [7, 11) is 1.31. The molecule has 0 aromatic heterocycles. The number of methoxy groups -OCH3 is 1. The van der Waals surface area contributed by atoms with Gasteiger partial charge in [0.25, 0.3) is 0 Å². The molecule has 1 amide bonds. The topological polar surface area (TPSA) is 72.5 Å². The van der Waals surface area contributed by atoms with Crippen molar-refractivity contribution in [1.82, 2.24) is 0 Å². The number of rotatable bonds is 3. The molecule has 1 N–H and O–H groups in total. The number of anilines is 1. The maximum Gasteiger partial charge on any atom is 0.339 e. The molecule has 5 nitrogen and oxygen atoms in total. The Labute approximate surface area is 141 Å². The van der Waals surface area contributed by atoms with Crippen molar-refractivity contribution in [3.8, 4) is 0 Å². The summed E-state index contributed by atoms with van der Waals surface area (Å²) in [5, 5.41) is 2.89. The molecule has 24 heavy (non-hydrogen) atoms. The van der Waals surface area contributed by atoms with Gasteiger partial charge in [-0.2, -0.15) is 0 Å². The van der Waals surface area contributed by atoms with Crippen molar-refractivity contribution in [2.75, 3.05) is 12.4 Å². The molecule has 0 unspecified atom stereocenters. The van der Waals surface area contributed by atoms with Gasteiger partial charge < -0.3 is 10.1 Å². The molecular weight excluding hydrogens is 306 g/mol. The Morgan fingerprint density at radius 1 is 1.12 bits per heavy atom. The minimum atomic E-state index is -0.720. The number of benzene rings is 1. The average Bonchev–Trinajstić information content (AvgIpc) is 2.85. The van der Waals surface area contributed by atoms with Crippen LogP contribution in [0.2, 0.25) is 0 Å². The van der Waals surface area contributed by atoms with Gasteiger partial charge in [0, 0.05) is 11.8 Å². The van der Waals surface area contributed by atoms with E-state index in [4.69, 9.17) is 4.74 Å². The Balaban J connectivity index is 1.95. The highest BCUT2D eigenvalue weighted by Crippen LogP contribution is 2.70. The summed E-state index contributed by atoms with van der Waals surface area (Å²) in [6.45, 7) is 5.99. The van der Waals surface area contributed by atoms with E-state index in [2.05, 4.69) is 5.32 Å². The van der Waals surface area contributed by atoms with Gasteiger partial charge in [-0.25, -0.2) is 4.79 Å². The van der Waals surface area contributed by atoms with Crippen molar-refractivity contribution in [3.05, 3.63) is 29.8 Å². The van der Waals surface area contributed by atoms with Gasteiger partial charge in [0.05, 0.1) is 23.8 Å². The number of para-hydroxylation sites is 1. The van der Waals surface area contributed by atoms with Gasteiger partial charge in [0.15, 0.2) is 0 Å². The smallest absolute Gasteiger partial charge is 0.339 e. The predicted octanol–water partition coefficient (Wildman–Crippen LogP) is 3.20. The fraction of sp³-hybridized carbons (Fsp3) is 0.526. The minimum Gasteiger partial charge on any atom is -0.465 e. The lowest BCUT2D eigenvalue weighted by Gasteiger charge is -2.38. The van der Waals surface area contributed by atoms with Crippen LogP contribution in [0.1, 0.15) is 50.4 Å². The highest BCUT2D eigenvalue weighted by atomic mass is 16.5. The van der Waals surface area contributed by atoms with Crippen LogP contribution in [0.25, 0.3) is 0 Å². The number of carbonyl (C=O) groups excluding carboxylic acids is 3. The molecule has 0 spiro atoms. The first-order valence-corrected chi connectivity index (χ1v) is 8.22. The summed E-state index contributed by atoms with van der Waals surface area (Å²) in [6.07, 6.45) is 1.68. The molecule has 1 aromatic rings. The van der Waals surface area contributed by atoms with Crippen molar-refractivity contribution in [2.24, 2.45) is 16.2 Å². The highest BCUT2D eigenvalue weighted by molar-refractivity contribution is 6.07. The van der Waals surface area contributed by atoms with E-state index in [1.807, 2.05) is 20.8 Å². The SMILES string of the molecule is COC(=O)c1ccccc1NC(=O)[C@]12CC[C@](C)(C(=O)C1)C2(C)C. The van der Waals surface area contributed by atoms with E-state index in [-0.39, 0.29) is 18.1 Å². The predicted molar refractivity (Wildman–Crippen MR) is 89.6 cm³/mol. The first-order valence-electron chi connectivity index (χ1n) is 8.22. The molecule has 2 aliphatic carbocycles. The van der Waals surface area contributed by atoms with Crippen molar-refractivity contribution < 1.29 is 19.1 Å². The zero-order chi connectivity index (χ0) is 17.8. The van der Waals surface area contributed by atoms with Crippen LogP contribution in [0.15, 0.2) is 24.3 Å². The maximum absolute atomic E-state index is 13.1. The molecule has 2 fully saturated rings. The minimum absolute atomic E-state index is 0.162. The molecule has 0 radical (unpaired) electrons. The van der Waals surface area contributed by atoms with E-state index in [1.165, 1.54) is 7.11 Å². The van der Waals surface area contributed by atoms with Crippen LogP contribution in [-0.2, 0) is 14.3 Å². The van der Waals surface area contributed by atoms with Gasteiger partial charge in [0.2, 0.25) is 5.91 Å². The van der Waals surface area contributed by atoms with Gasteiger partial charge in [0.1, 0.15) is 5.78 Å². The van der Waals surface area contributed by atoms with Gasteiger partial charge in [-0.15, -0.1) is 0 Å². The maximum atomic E-state index is 13.1. The van der Waals surface area contributed by atoms with Crippen LogP contribution in [0.5, 0.6) is 0 Å². The fourth-order valence-electron chi connectivity index (χ4n) is 4.48. The molecule has 1 aromatic carbocycles. The number of ether oxygens (including phenoxy) is 1. The van der Waals surface area contributed by atoms with E-state index in [0.29, 0.717) is 17.7 Å². The van der Waals surface area contributed by atoms with Crippen LogP contribution in [0.4, 0.5) is 5.69 Å². The third-order valence-corrected chi connectivity index (χ3v) is 6.72. The third kappa shape index (κ3) is 1.90. The number of nitrogens with one attached hydrogen (secondary N) is 1. The van der Waals surface area contributed by atoms with Gasteiger partial charge in [-0.05, 0) is 30.4 Å². The summed E-state index contributed by atoms with van der Waals surface area (Å²) in [4.78, 5) is 37.5. The molecule has 2 bridgehead atoms. The lowest BCUT2D eigenvalue weighted by molar-refractivity contribution is -0.131. The van der Waals surface area contributed by atoms with E-state index in [9.17, 15) is 14.4 Å². The Bertz CT molecular complexity index is 739. The number of amides is 1. The molecule has 2 aliphatic rings. The van der Waals surface area contributed by atoms with Crippen LogP contribution in [-0.4, -0.2) is 24.8 Å². The lowest BCUT2D eigenvalue weighted by atomic mass is 9.64. The standard InChI is InChI=1S/C19H23NO4/c1-17(2)18(3)9-10-19(17,11-14(18)21)16(23)20-13-8-6-5-7-12(13)15(22)24-4/h5-8H,9-11H2,1-4H3,(H,20,23)/t18-,19+/m1/s1. The summed E-state index contributed by atoms with van der Waals surface area (Å²) < 4.78 is 4.77. The summed E-state index contributed by atoms with van der Waals surface area (Å²) in [6, 6.07) is 6.76. The summed E-state index contributed by atoms with van der Waals surface area (Å²) >= 11 is 0. The lowest BCUT2D eigenvalue weighted by Crippen LogP contribution is -2.43. The van der Waals surface area contributed by atoms with Crippen molar-refractivity contribution >= 4 is 23.3 Å². The monoisotopic (exact) mass is 329 g/mol. The molecular formula is C19H23NO4. The van der Waals surface area contributed by atoms with Crippen molar-refractivity contribution in [1.29, 1.82) is 0 Å². The molecule has 2 atom stereocenters. The second-order valence-corrected chi connectivity index (χ2v) is 7.63. The van der Waals surface area contributed by atoms with Gasteiger partial charge in [-0.3, -0.25) is 9.59 Å². The van der Waals surface area contributed by atoms with E-state index >= 15 is 0 Å². The molecule has 0 heterocycles. The van der Waals surface area contributed by atoms with E-state index in [1.54, 1.807) is 24.3 Å². The Morgan fingerprint density at radius 2 is 1.79 bits per heavy atom. The van der Waals surface area contributed by atoms with Crippen LogP contribution in [0.3, 0.4) is 0 Å². The quantitative estimate of drug-likeness (QED) is 0.864. The average molecular weight is 329 g/mol. The summed E-state index contributed by atoms with van der Waals surface area (Å²) in [5.41, 5.74) is -0.851. The normalized spacial score (nSPS) is 30.2. The highest BCUT2D eigenvalue weighted by Gasteiger charge is 2.72. The van der Waals surface area contributed by atoms with Crippen LogP contribution < -0.4 is 5.32 Å². The molecule has 3 rings (SSSR count). The summed E-state index contributed by atoms with van der Waals surface area (Å²) in [5.74, 6) is -0.519. The molecule has 2 saturated carbocycles. The number of esters is 1. The van der Waals surface area contributed by atoms with Crippen LogP contribution in [0, 0.1) is 16.2 Å². The van der Waals surface area contributed by atoms with Gasteiger partial charge in [-0.1, -0.05) is 32.9 Å². The molecule has 5 heteroatoms. The Morgan fingerprint density at radius 3 is 2.33 bits per heavy atom. The van der Waals surface area contributed by atoms with Crippen LogP contribution >= 0.6 is 0 Å². The number of hydrogen-bond acceptors (Lipinski definition) is 4. The zero-order valence-electron chi connectivity index (χ0n) is 14.6. The second-order valence-electron chi connectivity index (χ2n) is 7.63. The second kappa shape index (κ2) is 5.16. The Hall–Kier alpha value is -2.17. The fourth-order valence-corrected chi connectivity index (χ4v) is 4.48. The number of carbonyl (C=O) groups is 3. The van der Waals surface area contributed by atoms with E-state index in [0.717, 1.165) is 6.42 Å². The first-order chi connectivity index (χ1) is 11.2. The number of ketones is 1. The zero-order valence-corrected chi connectivity index (χ0v) is 14.6. The number of fused-ring (bicyclic) bond motifs is 2. The third-order valence-electron chi connectivity index (χ3n) is 6.72. The Kier molecular flexibility index (Phi) is 3.59. The van der Waals surface area contributed by atoms with E-state index < -0.39 is 22.2 Å². The van der Waals surface area contributed by atoms with Gasteiger partial charge >= 0.3 is 5.97 Å².